The highest BCUT2D eigenvalue weighted by molar-refractivity contribution is 6.17. The lowest BCUT2D eigenvalue weighted by Crippen LogP contribution is -2.25. The van der Waals surface area contributed by atoms with E-state index in [0.717, 1.165) is 34.1 Å². The van der Waals surface area contributed by atoms with E-state index in [9.17, 15) is 4.79 Å². The molecule has 1 N–H and O–H groups in total. The van der Waals surface area contributed by atoms with Crippen LogP contribution in [0.5, 0.6) is 5.75 Å². The van der Waals surface area contributed by atoms with Gasteiger partial charge in [-0.05, 0) is 49.7 Å². The second-order valence-electron chi connectivity index (χ2n) is 6.21. The predicted molar refractivity (Wildman–Crippen MR) is 105 cm³/mol. The smallest absolute Gasteiger partial charge is 0.265 e. The van der Waals surface area contributed by atoms with Crippen LogP contribution in [0.25, 0.3) is 0 Å². The number of hydrogen-bond donors (Lipinski definition) is 1. The molecule has 3 aromatic rings. The molecule has 4 rings (SSSR count). The van der Waals surface area contributed by atoms with Gasteiger partial charge in [0.1, 0.15) is 5.75 Å². The van der Waals surface area contributed by atoms with Crippen LogP contribution in [0.4, 0.5) is 22.7 Å². The summed E-state index contributed by atoms with van der Waals surface area (Å²) in [6.07, 6.45) is 0. The Morgan fingerprint density at radius 3 is 2.50 bits per heavy atom. The fourth-order valence-corrected chi connectivity index (χ4v) is 3.27. The molecule has 0 saturated carbocycles. The number of amides is 1. The fraction of sp³-hybridized carbons (Fsp3) is 0.136. The van der Waals surface area contributed by atoms with Gasteiger partial charge in [-0.2, -0.15) is 0 Å². The number of hydrogen-bond acceptors (Lipinski definition) is 3. The third-order valence-electron chi connectivity index (χ3n) is 4.51. The monoisotopic (exact) mass is 344 g/mol. The Balaban J connectivity index is 1.96. The van der Waals surface area contributed by atoms with Crippen LogP contribution in [-0.2, 0) is 0 Å². The molecule has 1 heterocycles. The van der Waals surface area contributed by atoms with Gasteiger partial charge in [0.15, 0.2) is 0 Å². The van der Waals surface area contributed by atoms with Gasteiger partial charge in [-0.15, -0.1) is 0 Å². The number of fused-ring (bicyclic) bond motifs is 2. The van der Waals surface area contributed by atoms with Crippen LogP contribution in [0.15, 0.2) is 66.7 Å². The Bertz CT molecular complexity index is 981. The van der Waals surface area contributed by atoms with Gasteiger partial charge >= 0.3 is 0 Å². The fourth-order valence-electron chi connectivity index (χ4n) is 3.27. The number of rotatable bonds is 3. The zero-order valence-electron chi connectivity index (χ0n) is 14.8. The number of para-hydroxylation sites is 2. The summed E-state index contributed by atoms with van der Waals surface area (Å²) < 4.78 is 5.65. The van der Waals surface area contributed by atoms with Crippen molar-refractivity contribution in [3.63, 3.8) is 0 Å². The molecule has 0 spiro atoms. The molecular formula is C22H20N2O2. The molecule has 4 heteroatoms. The van der Waals surface area contributed by atoms with Gasteiger partial charge < -0.3 is 10.1 Å². The lowest BCUT2D eigenvalue weighted by Gasteiger charge is -2.25. The Labute approximate surface area is 153 Å². The molecule has 1 aliphatic rings. The number of anilines is 4. The van der Waals surface area contributed by atoms with E-state index >= 15 is 0 Å². The molecule has 0 bridgehead atoms. The van der Waals surface area contributed by atoms with Gasteiger partial charge in [0.05, 0.1) is 34.9 Å². The first-order valence-electron chi connectivity index (χ1n) is 8.72. The van der Waals surface area contributed by atoms with Gasteiger partial charge in [-0.3, -0.25) is 9.69 Å². The molecule has 0 aliphatic carbocycles. The van der Waals surface area contributed by atoms with Gasteiger partial charge in [0.25, 0.3) is 5.91 Å². The lowest BCUT2D eigenvalue weighted by atomic mass is 10.1. The van der Waals surface area contributed by atoms with Gasteiger partial charge in [-0.25, -0.2) is 0 Å². The average Bonchev–Trinajstić information content (AvgIpc) is 2.77. The summed E-state index contributed by atoms with van der Waals surface area (Å²) >= 11 is 0. The number of ether oxygens (including phenoxy) is 1. The zero-order chi connectivity index (χ0) is 18.1. The van der Waals surface area contributed by atoms with Crippen LogP contribution in [0.1, 0.15) is 22.8 Å². The van der Waals surface area contributed by atoms with Gasteiger partial charge in [-0.1, -0.05) is 30.3 Å². The average molecular weight is 344 g/mol. The van der Waals surface area contributed by atoms with Crippen molar-refractivity contribution < 1.29 is 9.53 Å². The molecule has 0 unspecified atom stereocenters. The topological polar surface area (TPSA) is 41.6 Å². The van der Waals surface area contributed by atoms with Crippen LogP contribution in [-0.4, -0.2) is 12.5 Å². The normalized spacial score (nSPS) is 12.7. The number of nitrogens with one attached hydrogen (secondary N) is 1. The summed E-state index contributed by atoms with van der Waals surface area (Å²) in [6, 6.07) is 21.3. The third kappa shape index (κ3) is 2.69. The van der Waals surface area contributed by atoms with Gasteiger partial charge in [0.2, 0.25) is 0 Å². The van der Waals surface area contributed by atoms with E-state index in [1.807, 2.05) is 80.6 Å². The first kappa shape index (κ1) is 16.2. The zero-order valence-corrected chi connectivity index (χ0v) is 14.8. The van der Waals surface area contributed by atoms with Crippen LogP contribution in [0, 0.1) is 6.92 Å². The minimum atomic E-state index is -0.0506. The van der Waals surface area contributed by atoms with Crippen LogP contribution < -0.4 is 15.0 Å². The molecule has 0 radical (unpaired) electrons. The quantitative estimate of drug-likeness (QED) is 0.689. The summed E-state index contributed by atoms with van der Waals surface area (Å²) in [5, 5.41) is 3.41. The van der Waals surface area contributed by atoms with Crippen molar-refractivity contribution in [2.24, 2.45) is 0 Å². The molecule has 1 amide bonds. The lowest BCUT2D eigenvalue weighted by molar-refractivity contribution is 0.100. The number of benzene rings is 3. The van der Waals surface area contributed by atoms with Crippen molar-refractivity contribution in [1.82, 2.24) is 0 Å². The van der Waals surface area contributed by atoms with Crippen molar-refractivity contribution in [3.8, 4) is 5.75 Å². The summed E-state index contributed by atoms with van der Waals surface area (Å²) in [5.74, 6) is 0.723. The predicted octanol–water partition coefficient (Wildman–Crippen LogP) is 5.43. The largest absolute Gasteiger partial charge is 0.494 e. The maximum atomic E-state index is 13.4. The minimum Gasteiger partial charge on any atom is -0.494 e. The van der Waals surface area contributed by atoms with Crippen LogP contribution >= 0.6 is 0 Å². The maximum absolute atomic E-state index is 13.4. The second-order valence-corrected chi connectivity index (χ2v) is 6.21. The van der Waals surface area contributed by atoms with E-state index in [0.29, 0.717) is 12.2 Å². The van der Waals surface area contributed by atoms with Crippen molar-refractivity contribution in [3.05, 3.63) is 77.9 Å². The molecule has 0 fully saturated rings. The van der Waals surface area contributed by atoms with E-state index in [4.69, 9.17) is 4.74 Å². The van der Waals surface area contributed by atoms with Crippen LogP contribution in [0.3, 0.4) is 0 Å². The van der Waals surface area contributed by atoms with Gasteiger partial charge in [0, 0.05) is 6.07 Å². The van der Waals surface area contributed by atoms with E-state index in [1.165, 1.54) is 0 Å². The highest BCUT2D eigenvalue weighted by Crippen LogP contribution is 2.42. The molecule has 0 atom stereocenters. The Morgan fingerprint density at radius 2 is 1.69 bits per heavy atom. The summed E-state index contributed by atoms with van der Waals surface area (Å²) in [7, 11) is 0. The standard InChI is InChI=1S/C22H20N2O2/c1-3-26-16-12-13-21-19(14-16)23-18-10-6-5-9-17(18)22(25)24(21)20-11-7-4-8-15(20)2/h4-14,23H,3H2,1-2H3. The molecule has 1 aliphatic heterocycles. The van der Waals surface area contributed by atoms with Crippen molar-refractivity contribution >= 4 is 28.7 Å². The molecule has 130 valence electrons. The molecule has 0 saturated heterocycles. The highest BCUT2D eigenvalue weighted by Gasteiger charge is 2.28. The van der Waals surface area contributed by atoms with E-state index in [-0.39, 0.29) is 5.91 Å². The SMILES string of the molecule is CCOc1ccc2c(c1)Nc1ccccc1C(=O)N2c1ccccc1C. The van der Waals surface area contributed by atoms with Crippen molar-refractivity contribution in [1.29, 1.82) is 0 Å². The Kier molecular flexibility index (Phi) is 4.09. The molecule has 26 heavy (non-hydrogen) atoms. The van der Waals surface area contributed by atoms with Crippen LogP contribution in [0.2, 0.25) is 0 Å². The first-order valence-corrected chi connectivity index (χ1v) is 8.72. The summed E-state index contributed by atoms with van der Waals surface area (Å²) in [4.78, 5) is 15.2. The Morgan fingerprint density at radius 1 is 0.923 bits per heavy atom. The minimum absolute atomic E-state index is 0.0506. The van der Waals surface area contributed by atoms with Crippen molar-refractivity contribution in [2.45, 2.75) is 13.8 Å². The third-order valence-corrected chi connectivity index (χ3v) is 4.51. The first-order chi connectivity index (χ1) is 12.7. The number of aryl methyl sites for hydroxylation is 1. The van der Waals surface area contributed by atoms with E-state index in [1.54, 1.807) is 4.90 Å². The molecular weight excluding hydrogens is 324 g/mol. The number of carbonyl (C=O) groups is 1. The molecule has 4 nitrogen and oxygen atoms in total. The molecule has 3 aromatic carbocycles. The summed E-state index contributed by atoms with van der Waals surface area (Å²) in [5.41, 5.74) is 5.01. The summed E-state index contributed by atoms with van der Waals surface area (Å²) in [6.45, 7) is 4.56. The Hall–Kier alpha value is -3.27. The number of nitrogens with zero attached hydrogens (tertiary/aromatic N) is 1. The van der Waals surface area contributed by atoms with Crippen molar-refractivity contribution in [2.75, 3.05) is 16.8 Å². The molecule has 0 aromatic heterocycles. The highest BCUT2D eigenvalue weighted by atomic mass is 16.5. The van der Waals surface area contributed by atoms with E-state index in [2.05, 4.69) is 5.32 Å². The maximum Gasteiger partial charge on any atom is 0.265 e. The number of carbonyl (C=O) groups excluding carboxylic acids is 1. The second kappa shape index (κ2) is 6.56. The van der Waals surface area contributed by atoms with E-state index < -0.39 is 0 Å².